The van der Waals surface area contributed by atoms with Gasteiger partial charge in [0.25, 0.3) is 5.91 Å². The van der Waals surface area contributed by atoms with Crippen LogP contribution in [0.1, 0.15) is 35.3 Å². The highest BCUT2D eigenvalue weighted by Gasteiger charge is 2.30. The Morgan fingerprint density at radius 1 is 1.13 bits per heavy atom. The summed E-state index contributed by atoms with van der Waals surface area (Å²) in [6.07, 6.45) is 3.47. The molecule has 2 N–H and O–H groups in total. The number of alkyl halides is 2. The molecule has 0 radical (unpaired) electrons. The first-order valence-electron chi connectivity index (χ1n) is 10.0. The van der Waals surface area contributed by atoms with Gasteiger partial charge in [0.2, 0.25) is 15.8 Å². The number of amides is 1. The molecule has 1 aromatic heterocycles. The molecule has 1 saturated heterocycles. The summed E-state index contributed by atoms with van der Waals surface area (Å²) in [6.45, 7) is 4.18. The molecule has 0 saturated carbocycles. The number of rotatable bonds is 8. The molecule has 0 spiro atoms. The second-order valence-electron chi connectivity index (χ2n) is 7.22. The summed E-state index contributed by atoms with van der Waals surface area (Å²) in [7, 11) is -4.88. The van der Waals surface area contributed by atoms with Crippen LogP contribution in [0.5, 0.6) is 0 Å². The Balaban J connectivity index is 1.60. The average molecular weight is 454 g/mol. The Kier molecular flexibility index (Phi) is 7.37. The predicted octanol–water partition coefficient (Wildman–Crippen LogP) is 2.61. The molecule has 1 aromatic carbocycles. The Bertz CT molecular complexity index is 1030. The minimum atomic E-state index is -4.88. The van der Waals surface area contributed by atoms with Gasteiger partial charge in [0.1, 0.15) is 5.82 Å². The number of hydrogen-bond donors (Lipinski definition) is 2. The lowest BCUT2D eigenvalue weighted by atomic mass is 10.1. The van der Waals surface area contributed by atoms with Gasteiger partial charge in [-0.3, -0.25) is 4.79 Å². The number of carbonyl (C=O) groups excluding carboxylic acids is 1. The minimum Gasteiger partial charge on any atom is -0.356 e. The Hall–Kier alpha value is -2.82. The molecule has 0 unspecified atom stereocenters. The quantitative estimate of drug-likeness (QED) is 0.592. The highest BCUT2D eigenvalue weighted by molar-refractivity contribution is 7.91. The molecule has 2 aromatic rings. The molecule has 1 fully saturated rings. The summed E-state index contributed by atoms with van der Waals surface area (Å²) in [6, 6.07) is 6.84. The van der Waals surface area contributed by atoms with Crippen LogP contribution in [0.25, 0.3) is 0 Å². The third-order valence-corrected chi connectivity index (χ3v) is 6.33. The van der Waals surface area contributed by atoms with Crippen molar-refractivity contribution in [1.82, 2.24) is 15.3 Å². The summed E-state index contributed by atoms with van der Waals surface area (Å²) >= 11 is 0. The number of nitrogens with one attached hydrogen (secondary N) is 2. The second-order valence-corrected chi connectivity index (χ2v) is 9.11. The van der Waals surface area contributed by atoms with Gasteiger partial charge >= 0.3 is 5.76 Å². The first-order valence-corrected chi connectivity index (χ1v) is 11.6. The fourth-order valence-corrected chi connectivity index (χ4v) is 4.29. The van der Waals surface area contributed by atoms with Crippen LogP contribution < -0.4 is 15.5 Å². The van der Waals surface area contributed by atoms with Crippen molar-refractivity contribution in [2.75, 3.05) is 36.4 Å². The van der Waals surface area contributed by atoms with Crippen LogP contribution in [0.3, 0.4) is 0 Å². The molecule has 8 nitrogen and oxygen atoms in total. The van der Waals surface area contributed by atoms with Crippen molar-refractivity contribution in [1.29, 1.82) is 0 Å². The number of halogens is 2. The first kappa shape index (κ1) is 22.9. The van der Waals surface area contributed by atoms with Gasteiger partial charge in [-0.2, -0.15) is 13.8 Å². The van der Waals surface area contributed by atoms with Crippen LogP contribution in [0.15, 0.2) is 35.2 Å². The van der Waals surface area contributed by atoms with Gasteiger partial charge in [-0.25, -0.2) is 13.4 Å². The molecule has 1 aliphatic rings. The second kappa shape index (κ2) is 9.99. The van der Waals surface area contributed by atoms with E-state index in [0.717, 1.165) is 43.5 Å². The van der Waals surface area contributed by atoms with Crippen molar-refractivity contribution < 1.29 is 22.0 Å². The van der Waals surface area contributed by atoms with Gasteiger partial charge in [-0.05, 0) is 38.3 Å². The van der Waals surface area contributed by atoms with E-state index in [1.807, 2.05) is 13.0 Å². The SMILES string of the molecule is Cc1cc(N2CCCCC2)nc(NCCNC(=O)c2ccccc2S(=O)(=O)C(F)F)n1. The van der Waals surface area contributed by atoms with E-state index in [2.05, 4.69) is 25.5 Å². The topological polar surface area (TPSA) is 104 Å². The molecule has 1 amide bonds. The Morgan fingerprint density at radius 2 is 1.84 bits per heavy atom. The zero-order valence-electron chi connectivity index (χ0n) is 17.1. The zero-order chi connectivity index (χ0) is 22.4. The zero-order valence-corrected chi connectivity index (χ0v) is 18.0. The molecular weight excluding hydrogens is 428 g/mol. The smallest absolute Gasteiger partial charge is 0.341 e. The van der Waals surface area contributed by atoms with Gasteiger partial charge in [0, 0.05) is 37.9 Å². The molecule has 0 atom stereocenters. The van der Waals surface area contributed by atoms with Crippen LogP contribution in [-0.2, 0) is 9.84 Å². The van der Waals surface area contributed by atoms with Gasteiger partial charge < -0.3 is 15.5 Å². The Morgan fingerprint density at radius 3 is 2.55 bits per heavy atom. The molecule has 1 aliphatic heterocycles. The summed E-state index contributed by atoms with van der Waals surface area (Å²) in [5, 5.41) is 5.57. The maximum absolute atomic E-state index is 12.9. The third-order valence-electron chi connectivity index (χ3n) is 4.89. The van der Waals surface area contributed by atoms with Crippen molar-refractivity contribution >= 4 is 27.5 Å². The van der Waals surface area contributed by atoms with Crippen LogP contribution in [0.4, 0.5) is 20.5 Å². The standard InChI is InChI=1S/C20H25F2N5O3S/c1-14-13-17(27-11-5-2-6-12-27)26-20(25-14)24-10-9-23-18(28)15-7-3-4-8-16(15)31(29,30)19(21)22/h3-4,7-8,13,19H,2,5-6,9-12H2,1H3,(H,23,28)(H,24,25,26). The van der Waals surface area contributed by atoms with E-state index in [0.29, 0.717) is 5.95 Å². The molecular formula is C20H25F2N5O3S. The lowest BCUT2D eigenvalue weighted by Crippen LogP contribution is -2.31. The normalized spacial score (nSPS) is 14.5. The maximum atomic E-state index is 12.9. The molecule has 0 aliphatic carbocycles. The first-order chi connectivity index (χ1) is 14.8. The third kappa shape index (κ3) is 5.66. The number of anilines is 2. The highest BCUT2D eigenvalue weighted by Crippen LogP contribution is 2.22. The van der Waals surface area contributed by atoms with Crippen LogP contribution in [0, 0.1) is 6.92 Å². The van der Waals surface area contributed by atoms with Gasteiger partial charge in [-0.1, -0.05) is 12.1 Å². The minimum absolute atomic E-state index is 0.123. The lowest BCUT2D eigenvalue weighted by molar-refractivity contribution is 0.0951. The summed E-state index contributed by atoms with van der Waals surface area (Å²) < 4.78 is 49.4. The molecule has 31 heavy (non-hydrogen) atoms. The number of aryl methyl sites for hydroxylation is 1. The molecule has 2 heterocycles. The van der Waals surface area contributed by atoms with Crippen LogP contribution in [-0.4, -0.2) is 56.2 Å². The number of sulfone groups is 1. The highest BCUT2D eigenvalue weighted by atomic mass is 32.2. The maximum Gasteiger partial charge on any atom is 0.341 e. The van der Waals surface area contributed by atoms with E-state index in [9.17, 15) is 22.0 Å². The summed E-state index contributed by atoms with van der Waals surface area (Å²) in [5.74, 6) is -3.07. The molecule has 168 valence electrons. The Labute approximate surface area is 180 Å². The number of piperidine rings is 1. The van der Waals surface area contributed by atoms with Crippen molar-refractivity contribution in [2.45, 2.75) is 36.8 Å². The van der Waals surface area contributed by atoms with E-state index >= 15 is 0 Å². The molecule has 0 bridgehead atoms. The number of benzene rings is 1. The van der Waals surface area contributed by atoms with Crippen LogP contribution >= 0.6 is 0 Å². The average Bonchev–Trinajstić information content (AvgIpc) is 2.76. The van der Waals surface area contributed by atoms with E-state index in [1.54, 1.807) is 0 Å². The fourth-order valence-electron chi connectivity index (χ4n) is 3.36. The van der Waals surface area contributed by atoms with Crippen molar-refractivity contribution in [2.24, 2.45) is 0 Å². The summed E-state index contributed by atoms with van der Waals surface area (Å²) in [5.41, 5.74) is 0.496. The van der Waals surface area contributed by atoms with Gasteiger partial charge in [-0.15, -0.1) is 0 Å². The molecule has 11 heteroatoms. The van der Waals surface area contributed by atoms with E-state index in [-0.39, 0.29) is 18.7 Å². The number of carbonyl (C=O) groups is 1. The van der Waals surface area contributed by atoms with E-state index < -0.39 is 26.4 Å². The van der Waals surface area contributed by atoms with Gasteiger partial charge in [0.15, 0.2) is 0 Å². The van der Waals surface area contributed by atoms with E-state index in [1.165, 1.54) is 24.6 Å². The van der Waals surface area contributed by atoms with Crippen molar-refractivity contribution in [3.8, 4) is 0 Å². The van der Waals surface area contributed by atoms with Crippen molar-refractivity contribution in [3.63, 3.8) is 0 Å². The van der Waals surface area contributed by atoms with Gasteiger partial charge in [0.05, 0.1) is 10.5 Å². The molecule has 3 rings (SSSR count). The van der Waals surface area contributed by atoms with E-state index in [4.69, 9.17) is 0 Å². The monoisotopic (exact) mass is 453 g/mol. The lowest BCUT2D eigenvalue weighted by Gasteiger charge is -2.28. The van der Waals surface area contributed by atoms with Crippen molar-refractivity contribution in [3.05, 3.63) is 41.6 Å². The number of aromatic nitrogens is 2. The largest absolute Gasteiger partial charge is 0.356 e. The number of hydrogen-bond acceptors (Lipinski definition) is 7. The van der Waals surface area contributed by atoms with Crippen LogP contribution in [0.2, 0.25) is 0 Å². The number of nitrogens with zero attached hydrogens (tertiary/aromatic N) is 3. The summed E-state index contributed by atoms with van der Waals surface area (Å²) in [4.78, 5) is 22.8. The predicted molar refractivity (Wildman–Crippen MR) is 113 cm³/mol. The fraction of sp³-hybridized carbons (Fsp3) is 0.450.